The molecule has 0 aromatic rings. The van der Waals surface area contributed by atoms with E-state index in [0.29, 0.717) is 0 Å². The van der Waals surface area contributed by atoms with Crippen LogP contribution in [-0.2, 0) is 0 Å². The summed E-state index contributed by atoms with van der Waals surface area (Å²) in [5.74, 6) is 0. The van der Waals surface area contributed by atoms with Gasteiger partial charge in [-0.15, -0.1) is 10.2 Å². The minimum Gasteiger partial charge on any atom is -0.124 e. The highest BCUT2D eigenvalue weighted by Crippen LogP contribution is 2.33. The Labute approximate surface area is 79.7 Å². The van der Waals surface area contributed by atoms with Crippen LogP contribution < -0.4 is 0 Å². The van der Waals surface area contributed by atoms with E-state index in [1.165, 1.54) is 12.8 Å². The Balaban J connectivity index is 2.25. The van der Waals surface area contributed by atoms with Crippen molar-refractivity contribution in [3.8, 4) is 0 Å². The molecule has 0 aromatic carbocycles. The zero-order valence-corrected chi connectivity index (χ0v) is 8.65. The Bertz CT molecular complexity index is 165. The van der Waals surface area contributed by atoms with Gasteiger partial charge in [0.05, 0.1) is 0 Å². The number of halogens is 1. The topological polar surface area (TPSA) is 49.4 Å². The maximum Gasteiger partial charge on any atom is 0.244 e. The lowest BCUT2D eigenvalue weighted by Gasteiger charge is -2.09. The van der Waals surface area contributed by atoms with Crippen LogP contribution in [0.4, 0.5) is 0 Å². The minimum atomic E-state index is -0.368. The molecule has 0 radical (unpaired) electrons. The lowest BCUT2D eigenvalue weighted by atomic mass is 10.2. The fourth-order valence-corrected chi connectivity index (χ4v) is 1.47. The predicted octanol–water partition coefficient (Wildman–Crippen LogP) is 3.49. The van der Waals surface area contributed by atoms with Crippen LogP contribution in [0.5, 0.6) is 0 Å². The second-order valence-corrected chi connectivity index (χ2v) is 4.28. The van der Waals surface area contributed by atoms with E-state index < -0.39 is 0 Å². The van der Waals surface area contributed by atoms with Gasteiger partial charge in [0.1, 0.15) is 0 Å². The second-order valence-electron chi connectivity index (χ2n) is 2.55. The van der Waals surface area contributed by atoms with E-state index in [1.54, 1.807) is 0 Å². The highest BCUT2D eigenvalue weighted by atomic mass is 127. The van der Waals surface area contributed by atoms with Crippen molar-refractivity contribution in [1.82, 2.24) is 0 Å². The number of alkyl halides is 1. The zero-order valence-electron chi connectivity index (χ0n) is 6.50. The lowest BCUT2D eigenvalue weighted by Crippen LogP contribution is -2.09. The van der Waals surface area contributed by atoms with Gasteiger partial charge in [0.2, 0.25) is 3.67 Å². The first kappa shape index (κ1) is 9.02. The number of nitrogens with zero attached hydrogens (tertiary/aromatic N) is 4. The Morgan fingerprint density at radius 3 is 2.36 bits per heavy atom. The van der Waals surface area contributed by atoms with Crippen LogP contribution in [0.1, 0.15) is 32.6 Å². The summed E-state index contributed by atoms with van der Waals surface area (Å²) >= 11 is 2.18. The van der Waals surface area contributed by atoms with E-state index in [0.717, 1.165) is 12.8 Å². The lowest BCUT2D eigenvalue weighted by molar-refractivity contribution is 0.555. The van der Waals surface area contributed by atoms with Crippen LogP contribution in [0.3, 0.4) is 0 Å². The number of hydrogen-bond acceptors (Lipinski definition) is 4. The monoisotopic (exact) mass is 266 g/mol. The fraction of sp³-hybridized carbons (Fsp3) is 1.00. The molecule has 1 heterocycles. The van der Waals surface area contributed by atoms with Crippen LogP contribution in [0.25, 0.3) is 0 Å². The van der Waals surface area contributed by atoms with E-state index in [-0.39, 0.29) is 3.67 Å². The molecule has 4 nitrogen and oxygen atoms in total. The van der Waals surface area contributed by atoms with Crippen LogP contribution >= 0.6 is 22.6 Å². The highest BCUT2D eigenvalue weighted by molar-refractivity contribution is 14.1. The highest BCUT2D eigenvalue weighted by Gasteiger charge is 2.27. The Morgan fingerprint density at radius 2 is 1.82 bits per heavy atom. The van der Waals surface area contributed by atoms with Gasteiger partial charge in [0.25, 0.3) is 0 Å². The summed E-state index contributed by atoms with van der Waals surface area (Å²) in [5, 5.41) is 14.8. The SMILES string of the molecule is CCCCCC1(I)N=NN=N1. The van der Waals surface area contributed by atoms with Gasteiger partial charge >= 0.3 is 0 Å². The van der Waals surface area contributed by atoms with Gasteiger partial charge in [-0.2, -0.15) is 0 Å². The zero-order chi connectivity index (χ0) is 8.16. The molecule has 0 N–H and O–H groups in total. The summed E-state index contributed by atoms with van der Waals surface area (Å²) in [4.78, 5) is 0. The first-order valence-electron chi connectivity index (χ1n) is 3.80. The van der Waals surface area contributed by atoms with E-state index in [9.17, 15) is 0 Å². The molecule has 0 amide bonds. The molecule has 11 heavy (non-hydrogen) atoms. The summed E-state index contributed by atoms with van der Waals surface area (Å²) in [7, 11) is 0. The molecular formula is C6H11IN4. The van der Waals surface area contributed by atoms with Crippen molar-refractivity contribution < 1.29 is 0 Å². The van der Waals surface area contributed by atoms with E-state index in [1.807, 2.05) is 0 Å². The van der Waals surface area contributed by atoms with Crippen molar-refractivity contribution in [3.05, 3.63) is 0 Å². The normalized spacial score (nSPS) is 19.5. The smallest absolute Gasteiger partial charge is 0.124 e. The van der Waals surface area contributed by atoms with Crippen molar-refractivity contribution >= 4 is 22.6 Å². The molecule has 0 aliphatic carbocycles. The van der Waals surface area contributed by atoms with E-state index >= 15 is 0 Å². The van der Waals surface area contributed by atoms with Gasteiger partial charge in [-0.05, 0) is 39.5 Å². The van der Waals surface area contributed by atoms with Gasteiger partial charge in [-0.25, -0.2) is 0 Å². The third-order valence-corrected chi connectivity index (χ3v) is 2.51. The Morgan fingerprint density at radius 1 is 1.18 bits per heavy atom. The number of hydrogen-bond donors (Lipinski definition) is 0. The van der Waals surface area contributed by atoms with Crippen LogP contribution in [-0.4, -0.2) is 3.67 Å². The molecule has 0 spiro atoms. The van der Waals surface area contributed by atoms with Crippen LogP contribution in [0.15, 0.2) is 20.7 Å². The molecule has 0 fully saturated rings. The largest absolute Gasteiger partial charge is 0.244 e. The second kappa shape index (κ2) is 4.08. The predicted molar refractivity (Wildman–Crippen MR) is 50.6 cm³/mol. The molecule has 0 aromatic heterocycles. The average molecular weight is 266 g/mol. The summed E-state index contributed by atoms with van der Waals surface area (Å²) in [6.45, 7) is 2.18. The summed E-state index contributed by atoms with van der Waals surface area (Å²) in [6.07, 6.45) is 4.56. The molecule has 1 aliphatic rings. The molecular weight excluding hydrogens is 255 g/mol. The summed E-state index contributed by atoms with van der Waals surface area (Å²) in [5.41, 5.74) is 0. The first-order chi connectivity index (χ1) is 5.27. The van der Waals surface area contributed by atoms with Crippen molar-refractivity contribution in [1.29, 1.82) is 0 Å². The number of unbranched alkanes of at least 4 members (excludes halogenated alkanes) is 2. The third kappa shape index (κ3) is 2.80. The molecule has 1 rings (SSSR count). The quantitative estimate of drug-likeness (QED) is 0.323. The average Bonchev–Trinajstić information content (AvgIpc) is 2.38. The van der Waals surface area contributed by atoms with Crippen molar-refractivity contribution in [2.75, 3.05) is 0 Å². The fourth-order valence-electron chi connectivity index (χ4n) is 0.897. The van der Waals surface area contributed by atoms with Crippen LogP contribution in [0.2, 0.25) is 0 Å². The van der Waals surface area contributed by atoms with Gasteiger partial charge in [-0.1, -0.05) is 19.8 Å². The van der Waals surface area contributed by atoms with E-state index in [4.69, 9.17) is 0 Å². The molecule has 62 valence electrons. The van der Waals surface area contributed by atoms with Crippen molar-refractivity contribution in [3.63, 3.8) is 0 Å². The molecule has 0 unspecified atom stereocenters. The van der Waals surface area contributed by atoms with E-state index in [2.05, 4.69) is 50.2 Å². The summed E-state index contributed by atoms with van der Waals surface area (Å²) < 4.78 is -0.368. The molecule has 0 saturated heterocycles. The van der Waals surface area contributed by atoms with Gasteiger partial charge in [0, 0.05) is 6.42 Å². The first-order valence-corrected chi connectivity index (χ1v) is 4.88. The summed E-state index contributed by atoms with van der Waals surface area (Å²) in [6, 6.07) is 0. The standard InChI is InChI=1S/C6H11IN4/c1-2-3-4-5-6(7)8-10-11-9-6/h2-5H2,1H3. The molecule has 1 aliphatic heterocycles. The van der Waals surface area contributed by atoms with Gasteiger partial charge in [0.15, 0.2) is 0 Å². The molecule has 0 atom stereocenters. The Hall–Kier alpha value is -0.0700. The van der Waals surface area contributed by atoms with Gasteiger partial charge in [-0.3, -0.25) is 0 Å². The van der Waals surface area contributed by atoms with Crippen molar-refractivity contribution in [2.45, 2.75) is 36.3 Å². The maximum absolute atomic E-state index is 3.92. The minimum absolute atomic E-state index is 0.368. The number of rotatable bonds is 4. The van der Waals surface area contributed by atoms with Crippen molar-refractivity contribution in [2.24, 2.45) is 20.7 Å². The van der Waals surface area contributed by atoms with Gasteiger partial charge < -0.3 is 0 Å². The maximum atomic E-state index is 3.92. The molecule has 0 bridgehead atoms. The molecule has 0 saturated carbocycles. The third-order valence-electron chi connectivity index (χ3n) is 1.53. The van der Waals surface area contributed by atoms with Crippen LogP contribution in [0, 0.1) is 0 Å². The Kier molecular flexibility index (Phi) is 3.35. The molecule has 5 heteroatoms.